The molecule has 0 atom stereocenters. The molecule has 1 heterocycles. The van der Waals surface area contributed by atoms with E-state index in [-0.39, 0.29) is 11.8 Å². The number of hydrazine groups is 1. The van der Waals surface area contributed by atoms with Gasteiger partial charge in [-0.3, -0.25) is 15.0 Å². The maximum Gasteiger partial charge on any atom is 0.280 e. The number of carbonyl (C=O) groups excluding carboxylic acids is 2. The smallest absolute Gasteiger partial charge is 0.267 e. The van der Waals surface area contributed by atoms with Crippen LogP contribution < -0.4 is 5.43 Å². The molecule has 0 unspecified atom stereocenters. The van der Waals surface area contributed by atoms with Crippen molar-refractivity contribution in [3.63, 3.8) is 0 Å². The van der Waals surface area contributed by atoms with Gasteiger partial charge < -0.3 is 0 Å². The molecule has 0 saturated carbocycles. The van der Waals surface area contributed by atoms with Gasteiger partial charge in [-0.05, 0) is 30.5 Å². The molecule has 0 saturated heterocycles. The second kappa shape index (κ2) is 6.03. The number of benzene rings is 2. The van der Waals surface area contributed by atoms with E-state index in [0.29, 0.717) is 16.3 Å². The first-order valence-corrected chi connectivity index (χ1v) is 7.85. The molecule has 0 radical (unpaired) electrons. The number of nitrogens with one attached hydrogen (secondary N) is 1. The second-order valence-corrected chi connectivity index (χ2v) is 5.35. The lowest BCUT2D eigenvalue weighted by molar-refractivity contribution is 0.0614. The number of para-hydroxylation sites is 1. The van der Waals surface area contributed by atoms with Crippen LogP contribution in [0.1, 0.15) is 20.7 Å². The fourth-order valence-corrected chi connectivity index (χ4v) is 2.50. The van der Waals surface area contributed by atoms with Crippen molar-refractivity contribution in [1.29, 1.82) is 0 Å². The van der Waals surface area contributed by atoms with E-state index in [4.69, 9.17) is 0 Å². The molecule has 0 bridgehead atoms. The molecule has 0 aliphatic carbocycles. The number of nitrogens with zero attached hydrogens (tertiary/aromatic N) is 2. The van der Waals surface area contributed by atoms with E-state index in [1.807, 2.05) is 36.6 Å². The van der Waals surface area contributed by atoms with Gasteiger partial charge in [0.2, 0.25) is 0 Å². The Bertz CT molecular complexity index is 724. The van der Waals surface area contributed by atoms with E-state index >= 15 is 0 Å². The molecule has 0 spiro atoms. The second-order valence-electron chi connectivity index (χ2n) is 4.56. The van der Waals surface area contributed by atoms with Crippen LogP contribution in [0.5, 0.6) is 0 Å². The minimum Gasteiger partial charge on any atom is -0.267 e. The highest BCUT2D eigenvalue weighted by molar-refractivity contribution is 8.13. The third-order valence-corrected chi connectivity index (χ3v) is 3.75. The van der Waals surface area contributed by atoms with Crippen molar-refractivity contribution in [1.82, 2.24) is 10.4 Å². The summed E-state index contributed by atoms with van der Waals surface area (Å²) >= 11 is 1.33. The monoisotopic (exact) mass is 311 g/mol. The Morgan fingerprint density at radius 2 is 1.50 bits per heavy atom. The molecule has 0 aromatic heterocycles. The number of hydrogen-bond acceptors (Lipinski definition) is 4. The Morgan fingerprint density at radius 1 is 0.955 bits per heavy atom. The first-order chi connectivity index (χ1) is 10.7. The largest absolute Gasteiger partial charge is 0.280 e. The Kier molecular flexibility index (Phi) is 3.93. The van der Waals surface area contributed by atoms with Crippen LogP contribution in [0.25, 0.3) is 0 Å². The van der Waals surface area contributed by atoms with E-state index in [0.717, 1.165) is 10.7 Å². The summed E-state index contributed by atoms with van der Waals surface area (Å²) in [4.78, 5) is 29.0. The molecule has 1 aliphatic heterocycles. The summed E-state index contributed by atoms with van der Waals surface area (Å²) in [5.74, 6) is -0.731. The Balaban J connectivity index is 1.86. The van der Waals surface area contributed by atoms with Gasteiger partial charge in [-0.1, -0.05) is 42.1 Å². The summed E-state index contributed by atoms with van der Waals surface area (Å²) in [6.07, 6.45) is 1.83. The Labute approximate surface area is 132 Å². The van der Waals surface area contributed by atoms with Gasteiger partial charge in [0.25, 0.3) is 11.8 Å². The van der Waals surface area contributed by atoms with Crippen molar-refractivity contribution in [3.8, 4) is 0 Å². The molecule has 2 aromatic rings. The van der Waals surface area contributed by atoms with E-state index < -0.39 is 0 Å². The zero-order valence-corrected chi connectivity index (χ0v) is 12.6. The molecule has 2 aromatic carbocycles. The van der Waals surface area contributed by atoms with Crippen LogP contribution >= 0.6 is 11.8 Å². The quantitative estimate of drug-likeness (QED) is 0.526. The molecule has 5 nitrogen and oxygen atoms in total. The van der Waals surface area contributed by atoms with Crippen LogP contribution in [0.3, 0.4) is 0 Å². The summed E-state index contributed by atoms with van der Waals surface area (Å²) in [7, 11) is 0. The van der Waals surface area contributed by atoms with E-state index in [1.54, 1.807) is 24.3 Å². The number of aliphatic imine (C=N–C) groups is 1. The maximum absolute atomic E-state index is 12.3. The number of imide groups is 1. The number of amidine groups is 1. The van der Waals surface area contributed by atoms with Crippen molar-refractivity contribution < 1.29 is 9.59 Å². The first kappa shape index (κ1) is 14.3. The van der Waals surface area contributed by atoms with Gasteiger partial charge in [-0.25, -0.2) is 4.99 Å². The summed E-state index contributed by atoms with van der Waals surface area (Å²) < 4.78 is 0. The van der Waals surface area contributed by atoms with Crippen molar-refractivity contribution in [2.75, 3.05) is 6.26 Å². The summed E-state index contributed by atoms with van der Waals surface area (Å²) in [5.41, 5.74) is 4.36. The van der Waals surface area contributed by atoms with Gasteiger partial charge >= 0.3 is 0 Å². The highest BCUT2D eigenvalue weighted by Gasteiger charge is 2.36. The van der Waals surface area contributed by atoms with Crippen molar-refractivity contribution in [2.45, 2.75) is 0 Å². The fourth-order valence-electron chi connectivity index (χ4n) is 2.12. The van der Waals surface area contributed by atoms with Crippen molar-refractivity contribution in [3.05, 3.63) is 65.7 Å². The highest BCUT2D eigenvalue weighted by Crippen LogP contribution is 2.21. The van der Waals surface area contributed by atoms with Crippen LogP contribution in [-0.2, 0) is 0 Å². The molecule has 0 fully saturated rings. The number of hydrogen-bond donors (Lipinski definition) is 1. The predicted octanol–water partition coefficient (Wildman–Crippen LogP) is 2.84. The van der Waals surface area contributed by atoms with Gasteiger partial charge in [0.1, 0.15) is 0 Å². The van der Waals surface area contributed by atoms with E-state index in [2.05, 4.69) is 10.4 Å². The minimum absolute atomic E-state index is 0.365. The fraction of sp³-hybridized carbons (Fsp3) is 0.0625. The van der Waals surface area contributed by atoms with E-state index in [9.17, 15) is 9.59 Å². The molecule has 1 aliphatic rings. The van der Waals surface area contributed by atoms with Gasteiger partial charge in [0, 0.05) is 0 Å². The molecular weight excluding hydrogens is 298 g/mol. The number of rotatable bonds is 2. The molecular formula is C16H13N3O2S. The van der Waals surface area contributed by atoms with Crippen LogP contribution in [0.15, 0.2) is 59.6 Å². The van der Waals surface area contributed by atoms with Crippen LogP contribution in [0, 0.1) is 0 Å². The summed E-state index contributed by atoms with van der Waals surface area (Å²) in [5, 5.41) is 1.48. The Hall–Kier alpha value is -2.60. The van der Waals surface area contributed by atoms with Crippen molar-refractivity contribution >= 4 is 34.4 Å². The molecule has 110 valence electrons. The molecule has 2 amide bonds. The SMILES string of the molecule is CSC(=Nc1ccccc1)NN1C(=O)c2ccccc2C1=O. The standard InChI is InChI=1S/C16H13N3O2S/c1-22-16(17-11-7-3-2-4-8-11)18-19-14(20)12-9-5-6-10-13(12)15(19)21/h2-10H,1H3,(H,17,18). The van der Waals surface area contributed by atoms with Gasteiger partial charge in [-0.2, -0.15) is 5.01 Å². The van der Waals surface area contributed by atoms with Crippen LogP contribution in [0.4, 0.5) is 5.69 Å². The lowest BCUT2D eigenvalue weighted by atomic mass is 10.1. The molecule has 1 N–H and O–H groups in total. The average molecular weight is 311 g/mol. The zero-order valence-electron chi connectivity index (χ0n) is 11.8. The lowest BCUT2D eigenvalue weighted by Crippen LogP contribution is -2.44. The average Bonchev–Trinajstić information content (AvgIpc) is 2.80. The van der Waals surface area contributed by atoms with E-state index in [1.165, 1.54) is 11.8 Å². The zero-order chi connectivity index (χ0) is 15.5. The number of fused-ring (bicyclic) bond motifs is 1. The van der Waals surface area contributed by atoms with Crippen LogP contribution in [-0.4, -0.2) is 28.2 Å². The van der Waals surface area contributed by atoms with Gasteiger partial charge in [0.15, 0.2) is 5.17 Å². The molecule has 3 rings (SSSR count). The topological polar surface area (TPSA) is 61.8 Å². The predicted molar refractivity (Wildman–Crippen MR) is 87.1 cm³/mol. The number of thioether (sulfide) groups is 1. The third kappa shape index (κ3) is 2.60. The lowest BCUT2D eigenvalue weighted by Gasteiger charge is -2.16. The maximum atomic E-state index is 12.3. The molecule has 22 heavy (non-hydrogen) atoms. The minimum atomic E-state index is -0.365. The number of carbonyl (C=O) groups is 2. The van der Waals surface area contributed by atoms with Crippen molar-refractivity contribution in [2.24, 2.45) is 4.99 Å². The summed E-state index contributed by atoms with van der Waals surface area (Å²) in [6.45, 7) is 0. The highest BCUT2D eigenvalue weighted by atomic mass is 32.2. The first-order valence-electron chi connectivity index (χ1n) is 6.63. The Morgan fingerprint density at radius 3 is 2.05 bits per heavy atom. The molecule has 6 heteroatoms. The van der Waals surface area contributed by atoms with Gasteiger partial charge in [0.05, 0.1) is 16.8 Å². The third-order valence-electron chi connectivity index (χ3n) is 3.18. The normalized spacial score (nSPS) is 14.2. The summed E-state index contributed by atoms with van der Waals surface area (Å²) in [6, 6.07) is 16.1. The van der Waals surface area contributed by atoms with Crippen LogP contribution in [0.2, 0.25) is 0 Å². The van der Waals surface area contributed by atoms with Gasteiger partial charge in [-0.15, -0.1) is 0 Å². The number of amides is 2.